The molecule has 1 aromatic carbocycles. The smallest absolute Gasteiger partial charge is 0.237 e. The number of carbonyl (C=O) groups is 1. The Morgan fingerprint density at radius 1 is 1.32 bits per heavy atom. The number of benzene rings is 1. The molecule has 0 saturated heterocycles. The molecule has 0 radical (unpaired) electrons. The van der Waals surface area contributed by atoms with Crippen LogP contribution in [0.3, 0.4) is 0 Å². The SMILES string of the molecule is CC(C)C1(CNC(=O)[C@@H](N)Cc2ccccc2)CC1. The lowest BCUT2D eigenvalue weighted by molar-refractivity contribution is -0.122. The minimum absolute atomic E-state index is 0.0317. The minimum atomic E-state index is -0.453. The van der Waals surface area contributed by atoms with Crippen LogP contribution in [0.4, 0.5) is 0 Å². The van der Waals surface area contributed by atoms with Gasteiger partial charge < -0.3 is 11.1 Å². The molecule has 1 amide bonds. The van der Waals surface area contributed by atoms with Gasteiger partial charge in [-0.25, -0.2) is 0 Å². The van der Waals surface area contributed by atoms with Crippen LogP contribution in [0.2, 0.25) is 0 Å². The average Bonchev–Trinajstić information content (AvgIpc) is 3.18. The van der Waals surface area contributed by atoms with E-state index in [2.05, 4.69) is 19.2 Å². The second-order valence-electron chi connectivity index (χ2n) is 6.03. The molecule has 1 atom stereocenters. The fourth-order valence-corrected chi connectivity index (χ4v) is 2.47. The number of nitrogens with two attached hydrogens (primary N) is 1. The van der Waals surface area contributed by atoms with Crippen LogP contribution in [0.5, 0.6) is 0 Å². The first kappa shape index (κ1) is 14.1. The van der Waals surface area contributed by atoms with E-state index < -0.39 is 6.04 Å². The van der Waals surface area contributed by atoms with Gasteiger partial charge in [-0.2, -0.15) is 0 Å². The van der Waals surface area contributed by atoms with Gasteiger partial charge in [-0.1, -0.05) is 44.2 Å². The topological polar surface area (TPSA) is 55.1 Å². The number of amides is 1. The standard InChI is InChI=1S/C16H24N2O/c1-12(2)16(8-9-16)11-18-15(19)14(17)10-13-6-4-3-5-7-13/h3-7,12,14H,8-11,17H2,1-2H3,(H,18,19)/t14-/m0/s1. The van der Waals surface area contributed by atoms with Crippen molar-refractivity contribution in [2.75, 3.05) is 6.54 Å². The van der Waals surface area contributed by atoms with Gasteiger partial charge in [0.2, 0.25) is 5.91 Å². The molecular weight excluding hydrogens is 236 g/mol. The highest BCUT2D eigenvalue weighted by molar-refractivity contribution is 5.81. The summed E-state index contributed by atoms with van der Waals surface area (Å²) in [4.78, 5) is 12.0. The zero-order valence-electron chi connectivity index (χ0n) is 11.9. The summed E-state index contributed by atoms with van der Waals surface area (Å²) in [7, 11) is 0. The first-order chi connectivity index (χ1) is 9.03. The highest BCUT2D eigenvalue weighted by Gasteiger charge is 2.45. The van der Waals surface area contributed by atoms with Gasteiger partial charge in [0.15, 0.2) is 0 Å². The van der Waals surface area contributed by atoms with Crippen LogP contribution in [-0.4, -0.2) is 18.5 Å². The Morgan fingerprint density at radius 2 is 1.95 bits per heavy atom. The summed E-state index contributed by atoms with van der Waals surface area (Å²) < 4.78 is 0. The van der Waals surface area contributed by atoms with Crippen LogP contribution in [0.1, 0.15) is 32.3 Å². The summed E-state index contributed by atoms with van der Waals surface area (Å²) in [5, 5.41) is 3.02. The summed E-state index contributed by atoms with van der Waals surface area (Å²) in [6, 6.07) is 9.46. The lowest BCUT2D eigenvalue weighted by atomic mass is 9.92. The van der Waals surface area contributed by atoms with E-state index in [1.165, 1.54) is 12.8 Å². The van der Waals surface area contributed by atoms with Crippen molar-refractivity contribution in [3.63, 3.8) is 0 Å². The predicted molar refractivity (Wildman–Crippen MR) is 77.6 cm³/mol. The molecule has 0 heterocycles. The summed E-state index contributed by atoms with van der Waals surface area (Å²) >= 11 is 0. The Labute approximate surface area is 115 Å². The van der Waals surface area contributed by atoms with Crippen molar-refractivity contribution in [1.82, 2.24) is 5.32 Å². The van der Waals surface area contributed by atoms with Crippen LogP contribution in [0.25, 0.3) is 0 Å². The summed E-state index contributed by atoms with van der Waals surface area (Å²) in [6.45, 7) is 5.22. The molecule has 1 aliphatic carbocycles. The average molecular weight is 260 g/mol. The van der Waals surface area contributed by atoms with Crippen LogP contribution in [0, 0.1) is 11.3 Å². The van der Waals surface area contributed by atoms with E-state index in [4.69, 9.17) is 5.73 Å². The first-order valence-electron chi connectivity index (χ1n) is 7.11. The van der Waals surface area contributed by atoms with Gasteiger partial charge in [0.05, 0.1) is 6.04 Å². The highest BCUT2D eigenvalue weighted by atomic mass is 16.2. The quantitative estimate of drug-likeness (QED) is 0.823. The minimum Gasteiger partial charge on any atom is -0.354 e. The Kier molecular flexibility index (Phi) is 4.25. The van der Waals surface area contributed by atoms with Crippen molar-refractivity contribution in [2.24, 2.45) is 17.1 Å². The van der Waals surface area contributed by atoms with E-state index in [1.807, 2.05) is 30.3 Å². The zero-order valence-corrected chi connectivity index (χ0v) is 11.9. The monoisotopic (exact) mass is 260 g/mol. The van der Waals surface area contributed by atoms with Gasteiger partial charge >= 0.3 is 0 Å². The maximum atomic E-state index is 12.0. The molecule has 2 rings (SSSR count). The molecule has 0 aromatic heterocycles. The predicted octanol–water partition coefficient (Wildman–Crippen LogP) is 2.11. The molecule has 3 heteroatoms. The second-order valence-corrected chi connectivity index (χ2v) is 6.03. The normalized spacial score (nSPS) is 18.1. The molecule has 1 saturated carbocycles. The van der Waals surface area contributed by atoms with Gasteiger partial charge in [-0.3, -0.25) is 4.79 Å². The highest BCUT2D eigenvalue weighted by Crippen LogP contribution is 2.51. The zero-order chi connectivity index (χ0) is 13.9. The number of hydrogen-bond acceptors (Lipinski definition) is 2. The van der Waals surface area contributed by atoms with E-state index in [-0.39, 0.29) is 5.91 Å². The summed E-state index contributed by atoms with van der Waals surface area (Å²) in [5.74, 6) is 0.592. The van der Waals surface area contributed by atoms with Crippen LogP contribution in [-0.2, 0) is 11.2 Å². The maximum Gasteiger partial charge on any atom is 0.237 e. The maximum absolute atomic E-state index is 12.0. The largest absolute Gasteiger partial charge is 0.354 e. The van der Waals surface area contributed by atoms with Gasteiger partial charge in [0.25, 0.3) is 0 Å². The molecule has 19 heavy (non-hydrogen) atoms. The molecule has 0 unspecified atom stereocenters. The number of nitrogens with one attached hydrogen (secondary N) is 1. The van der Waals surface area contributed by atoms with Crippen molar-refractivity contribution in [1.29, 1.82) is 0 Å². The van der Waals surface area contributed by atoms with E-state index in [1.54, 1.807) is 0 Å². The summed E-state index contributed by atoms with van der Waals surface area (Å²) in [6.07, 6.45) is 3.04. The van der Waals surface area contributed by atoms with Crippen molar-refractivity contribution in [2.45, 2.75) is 39.2 Å². The molecule has 1 fully saturated rings. The lowest BCUT2D eigenvalue weighted by Gasteiger charge is -2.21. The Bertz CT molecular complexity index is 424. The van der Waals surface area contributed by atoms with Crippen molar-refractivity contribution in [3.05, 3.63) is 35.9 Å². The third-order valence-corrected chi connectivity index (χ3v) is 4.37. The van der Waals surface area contributed by atoms with Crippen LogP contribution in [0.15, 0.2) is 30.3 Å². The number of carbonyl (C=O) groups excluding carboxylic acids is 1. The van der Waals surface area contributed by atoms with Gasteiger partial charge in [0.1, 0.15) is 0 Å². The van der Waals surface area contributed by atoms with Crippen molar-refractivity contribution in [3.8, 4) is 0 Å². The van der Waals surface area contributed by atoms with Crippen LogP contribution >= 0.6 is 0 Å². The third-order valence-electron chi connectivity index (χ3n) is 4.37. The van der Waals surface area contributed by atoms with Gasteiger partial charge in [0, 0.05) is 6.54 Å². The first-order valence-corrected chi connectivity index (χ1v) is 7.11. The molecule has 1 aromatic rings. The Hall–Kier alpha value is -1.35. The second kappa shape index (κ2) is 5.74. The molecule has 1 aliphatic rings. The molecule has 0 spiro atoms. The molecule has 3 nitrogen and oxygen atoms in total. The molecule has 3 N–H and O–H groups in total. The molecular formula is C16H24N2O. The Morgan fingerprint density at radius 3 is 2.47 bits per heavy atom. The van der Waals surface area contributed by atoms with Gasteiger partial charge in [-0.05, 0) is 36.2 Å². The Balaban J connectivity index is 1.80. The fourth-order valence-electron chi connectivity index (χ4n) is 2.47. The molecule has 0 bridgehead atoms. The van der Waals surface area contributed by atoms with Gasteiger partial charge in [-0.15, -0.1) is 0 Å². The number of rotatable bonds is 6. The van der Waals surface area contributed by atoms with E-state index >= 15 is 0 Å². The molecule has 0 aliphatic heterocycles. The van der Waals surface area contributed by atoms with E-state index in [0.29, 0.717) is 17.8 Å². The van der Waals surface area contributed by atoms with Crippen molar-refractivity contribution >= 4 is 5.91 Å². The van der Waals surface area contributed by atoms with Crippen LogP contribution < -0.4 is 11.1 Å². The van der Waals surface area contributed by atoms with E-state index in [0.717, 1.165) is 12.1 Å². The number of hydrogen-bond donors (Lipinski definition) is 2. The fraction of sp³-hybridized carbons (Fsp3) is 0.562. The molecule has 104 valence electrons. The van der Waals surface area contributed by atoms with E-state index in [9.17, 15) is 4.79 Å². The van der Waals surface area contributed by atoms with Crippen molar-refractivity contribution < 1.29 is 4.79 Å². The lowest BCUT2D eigenvalue weighted by Crippen LogP contribution is -2.44. The summed E-state index contributed by atoms with van der Waals surface area (Å²) in [5.41, 5.74) is 7.41. The third kappa shape index (κ3) is 3.57.